The SMILES string of the molecule is O=C(Nc1ccc(Cl)nc1)c1cccc(CCl)c1. The molecule has 2 rings (SSSR count). The number of halogens is 2. The molecule has 0 unspecified atom stereocenters. The van der Waals surface area contributed by atoms with E-state index in [4.69, 9.17) is 23.2 Å². The van der Waals surface area contributed by atoms with E-state index in [-0.39, 0.29) is 5.91 Å². The first-order valence-corrected chi connectivity index (χ1v) is 6.18. The molecule has 1 heterocycles. The molecule has 0 aliphatic rings. The summed E-state index contributed by atoms with van der Waals surface area (Å²) in [4.78, 5) is 15.8. The second-order valence-corrected chi connectivity index (χ2v) is 4.31. The monoisotopic (exact) mass is 280 g/mol. The molecular formula is C13H10Cl2N2O. The molecule has 0 aliphatic carbocycles. The standard InChI is InChI=1S/C13H10Cl2N2O/c14-7-9-2-1-3-10(6-9)13(18)17-11-4-5-12(15)16-8-11/h1-6,8H,7H2,(H,17,18). The third-order valence-corrected chi connectivity index (χ3v) is 2.86. The van der Waals surface area contributed by atoms with Gasteiger partial charge in [-0.1, -0.05) is 23.7 Å². The zero-order chi connectivity index (χ0) is 13.0. The number of alkyl halides is 1. The Labute approximate surface area is 115 Å². The van der Waals surface area contributed by atoms with Gasteiger partial charge in [0.15, 0.2) is 0 Å². The number of nitrogens with one attached hydrogen (secondary N) is 1. The van der Waals surface area contributed by atoms with Crippen molar-refractivity contribution < 1.29 is 4.79 Å². The number of hydrogen-bond donors (Lipinski definition) is 1. The van der Waals surface area contributed by atoms with Crippen molar-refractivity contribution in [2.75, 3.05) is 5.32 Å². The largest absolute Gasteiger partial charge is 0.321 e. The van der Waals surface area contributed by atoms with Gasteiger partial charge in [-0.15, -0.1) is 11.6 Å². The highest BCUT2D eigenvalue weighted by Crippen LogP contribution is 2.13. The predicted molar refractivity (Wildman–Crippen MR) is 73.2 cm³/mol. The van der Waals surface area contributed by atoms with E-state index < -0.39 is 0 Å². The predicted octanol–water partition coefficient (Wildman–Crippen LogP) is 3.73. The van der Waals surface area contributed by atoms with Crippen molar-refractivity contribution in [1.82, 2.24) is 4.98 Å². The van der Waals surface area contributed by atoms with Crippen LogP contribution in [-0.4, -0.2) is 10.9 Å². The molecule has 3 nitrogen and oxygen atoms in total. The number of rotatable bonds is 3. The number of amides is 1. The van der Waals surface area contributed by atoms with Gasteiger partial charge in [0.25, 0.3) is 5.91 Å². The van der Waals surface area contributed by atoms with Gasteiger partial charge >= 0.3 is 0 Å². The van der Waals surface area contributed by atoms with Crippen LogP contribution < -0.4 is 5.32 Å². The fourth-order valence-corrected chi connectivity index (χ4v) is 1.73. The Morgan fingerprint density at radius 2 is 2.11 bits per heavy atom. The first-order chi connectivity index (χ1) is 8.69. The average molecular weight is 281 g/mol. The van der Waals surface area contributed by atoms with Gasteiger partial charge in [0, 0.05) is 11.4 Å². The van der Waals surface area contributed by atoms with Gasteiger partial charge in [0.05, 0.1) is 11.9 Å². The minimum Gasteiger partial charge on any atom is -0.321 e. The van der Waals surface area contributed by atoms with Gasteiger partial charge in [-0.3, -0.25) is 4.79 Å². The maximum Gasteiger partial charge on any atom is 0.255 e. The maximum atomic E-state index is 12.0. The van der Waals surface area contributed by atoms with E-state index in [2.05, 4.69) is 10.3 Å². The van der Waals surface area contributed by atoms with Crippen LogP contribution in [0.1, 0.15) is 15.9 Å². The smallest absolute Gasteiger partial charge is 0.255 e. The molecule has 1 N–H and O–H groups in total. The minimum absolute atomic E-state index is 0.203. The van der Waals surface area contributed by atoms with Gasteiger partial charge in [-0.2, -0.15) is 0 Å². The zero-order valence-corrected chi connectivity index (χ0v) is 10.9. The van der Waals surface area contributed by atoms with E-state index in [0.717, 1.165) is 5.56 Å². The van der Waals surface area contributed by atoms with E-state index in [1.54, 1.807) is 30.3 Å². The molecule has 0 spiro atoms. The fourth-order valence-electron chi connectivity index (χ4n) is 1.45. The molecule has 0 aliphatic heterocycles. The summed E-state index contributed by atoms with van der Waals surface area (Å²) in [6, 6.07) is 10.5. The summed E-state index contributed by atoms with van der Waals surface area (Å²) in [5, 5.41) is 3.12. The van der Waals surface area contributed by atoms with Crippen LogP contribution in [0.4, 0.5) is 5.69 Å². The van der Waals surface area contributed by atoms with Crippen LogP contribution in [0.5, 0.6) is 0 Å². The second kappa shape index (κ2) is 5.85. The third-order valence-electron chi connectivity index (χ3n) is 2.33. The minimum atomic E-state index is -0.203. The number of carbonyl (C=O) groups excluding carboxylic acids is 1. The Balaban J connectivity index is 2.14. The summed E-state index contributed by atoms with van der Waals surface area (Å²) < 4.78 is 0. The van der Waals surface area contributed by atoms with Crippen LogP contribution in [0.15, 0.2) is 42.6 Å². The highest BCUT2D eigenvalue weighted by molar-refractivity contribution is 6.29. The molecular weight excluding hydrogens is 271 g/mol. The summed E-state index contributed by atoms with van der Waals surface area (Å²) in [6.45, 7) is 0. The first-order valence-electron chi connectivity index (χ1n) is 5.27. The maximum absolute atomic E-state index is 12.0. The summed E-state index contributed by atoms with van der Waals surface area (Å²) >= 11 is 11.4. The van der Waals surface area contributed by atoms with Gasteiger partial charge in [-0.25, -0.2) is 4.98 Å². The van der Waals surface area contributed by atoms with Gasteiger partial charge in [-0.05, 0) is 29.8 Å². The molecule has 1 aromatic carbocycles. The molecule has 18 heavy (non-hydrogen) atoms. The lowest BCUT2D eigenvalue weighted by Gasteiger charge is -2.05. The highest BCUT2D eigenvalue weighted by Gasteiger charge is 2.06. The number of hydrogen-bond acceptors (Lipinski definition) is 2. The van der Waals surface area contributed by atoms with E-state index in [1.807, 2.05) is 6.07 Å². The van der Waals surface area contributed by atoms with Crippen molar-refractivity contribution in [2.45, 2.75) is 5.88 Å². The highest BCUT2D eigenvalue weighted by atomic mass is 35.5. The zero-order valence-electron chi connectivity index (χ0n) is 9.36. The number of pyridine rings is 1. The molecule has 0 bridgehead atoms. The number of carbonyl (C=O) groups is 1. The average Bonchev–Trinajstić information content (AvgIpc) is 2.41. The van der Waals surface area contributed by atoms with Gasteiger partial charge in [0.2, 0.25) is 0 Å². The third kappa shape index (κ3) is 3.22. The number of anilines is 1. The summed E-state index contributed by atoms with van der Waals surface area (Å²) in [7, 11) is 0. The Morgan fingerprint density at radius 3 is 2.78 bits per heavy atom. The van der Waals surface area contributed by atoms with E-state index in [9.17, 15) is 4.79 Å². The normalized spacial score (nSPS) is 10.1. The topological polar surface area (TPSA) is 42.0 Å². The van der Waals surface area contributed by atoms with Crippen molar-refractivity contribution in [1.29, 1.82) is 0 Å². The van der Waals surface area contributed by atoms with E-state index in [0.29, 0.717) is 22.3 Å². The summed E-state index contributed by atoms with van der Waals surface area (Å²) in [5.41, 5.74) is 2.06. The van der Waals surface area contributed by atoms with Crippen molar-refractivity contribution in [3.05, 3.63) is 58.9 Å². The summed E-state index contributed by atoms with van der Waals surface area (Å²) in [6.07, 6.45) is 1.51. The van der Waals surface area contributed by atoms with Crippen LogP contribution in [0.3, 0.4) is 0 Å². The van der Waals surface area contributed by atoms with Gasteiger partial charge in [0.1, 0.15) is 5.15 Å². The molecule has 0 radical (unpaired) electrons. The molecule has 0 atom stereocenters. The second-order valence-electron chi connectivity index (χ2n) is 3.66. The van der Waals surface area contributed by atoms with Crippen molar-refractivity contribution in [2.24, 2.45) is 0 Å². The fraction of sp³-hybridized carbons (Fsp3) is 0.0769. The molecule has 1 amide bonds. The molecule has 2 aromatic rings. The molecule has 0 fully saturated rings. The Bertz CT molecular complexity index is 555. The number of nitrogens with zero attached hydrogens (tertiary/aromatic N) is 1. The molecule has 92 valence electrons. The van der Waals surface area contributed by atoms with Crippen LogP contribution in [0.2, 0.25) is 5.15 Å². The lowest BCUT2D eigenvalue weighted by Crippen LogP contribution is -2.12. The summed E-state index contributed by atoms with van der Waals surface area (Å²) in [5.74, 6) is 0.176. The van der Waals surface area contributed by atoms with E-state index >= 15 is 0 Å². The van der Waals surface area contributed by atoms with Crippen molar-refractivity contribution >= 4 is 34.8 Å². The van der Waals surface area contributed by atoms with Crippen LogP contribution in [0.25, 0.3) is 0 Å². The molecule has 1 aromatic heterocycles. The van der Waals surface area contributed by atoms with Crippen LogP contribution in [0, 0.1) is 0 Å². The lowest BCUT2D eigenvalue weighted by molar-refractivity contribution is 0.102. The molecule has 5 heteroatoms. The van der Waals surface area contributed by atoms with Crippen molar-refractivity contribution in [3.8, 4) is 0 Å². The van der Waals surface area contributed by atoms with E-state index in [1.165, 1.54) is 6.20 Å². The molecule has 0 saturated carbocycles. The Hall–Kier alpha value is -1.58. The first kappa shape index (κ1) is 12.9. The van der Waals surface area contributed by atoms with Crippen LogP contribution >= 0.6 is 23.2 Å². The Morgan fingerprint density at radius 1 is 1.28 bits per heavy atom. The van der Waals surface area contributed by atoms with Crippen LogP contribution in [-0.2, 0) is 5.88 Å². The lowest BCUT2D eigenvalue weighted by atomic mass is 10.1. The number of benzene rings is 1. The Kier molecular flexibility index (Phi) is 4.18. The quantitative estimate of drug-likeness (QED) is 0.688. The van der Waals surface area contributed by atoms with Crippen molar-refractivity contribution in [3.63, 3.8) is 0 Å². The molecule has 0 saturated heterocycles. The number of aromatic nitrogens is 1. The van der Waals surface area contributed by atoms with Gasteiger partial charge < -0.3 is 5.32 Å².